The molecule has 0 spiro atoms. The summed E-state index contributed by atoms with van der Waals surface area (Å²) in [5.41, 5.74) is 0.402. The van der Waals surface area contributed by atoms with Gasteiger partial charge in [0.15, 0.2) is 0 Å². The van der Waals surface area contributed by atoms with Gasteiger partial charge in [-0.15, -0.1) is 11.8 Å². The highest BCUT2D eigenvalue weighted by Gasteiger charge is 2.10. The fourth-order valence-electron chi connectivity index (χ4n) is 1.52. The fourth-order valence-corrected chi connectivity index (χ4v) is 2.76. The van der Waals surface area contributed by atoms with E-state index >= 15 is 0 Å². The number of benzene rings is 2. The van der Waals surface area contributed by atoms with Gasteiger partial charge < -0.3 is 10.4 Å². The molecule has 0 atom stereocenters. The van der Waals surface area contributed by atoms with Crippen molar-refractivity contribution >= 4 is 46.6 Å². The van der Waals surface area contributed by atoms with Crippen LogP contribution in [0.25, 0.3) is 0 Å². The molecule has 0 bridgehead atoms. The van der Waals surface area contributed by atoms with Gasteiger partial charge in [-0.2, -0.15) is 0 Å². The van der Waals surface area contributed by atoms with Crippen LogP contribution in [-0.4, -0.2) is 16.8 Å². The molecule has 0 aromatic heterocycles. The summed E-state index contributed by atoms with van der Waals surface area (Å²) in [6, 6.07) is 11.9. The van der Waals surface area contributed by atoms with Crippen molar-refractivity contribution in [2.75, 3.05) is 11.1 Å². The maximum atomic E-state index is 11.9. The van der Waals surface area contributed by atoms with Gasteiger partial charge in [-0.3, -0.25) is 4.79 Å². The van der Waals surface area contributed by atoms with Gasteiger partial charge in [-0.05, 0) is 24.3 Å². The van der Waals surface area contributed by atoms with E-state index in [1.807, 2.05) is 0 Å². The number of carbonyl (C=O) groups excluding carboxylic acids is 1. The topological polar surface area (TPSA) is 49.3 Å². The van der Waals surface area contributed by atoms with Gasteiger partial charge in [-0.1, -0.05) is 41.4 Å². The minimum atomic E-state index is -0.242. The number of hydrogen-bond acceptors (Lipinski definition) is 3. The number of aromatic hydroxyl groups is 1. The average Bonchev–Trinajstić information content (AvgIpc) is 2.42. The molecular weight excluding hydrogens is 317 g/mol. The number of para-hydroxylation sites is 2. The second-order valence-electron chi connectivity index (χ2n) is 3.90. The first-order chi connectivity index (χ1) is 9.58. The molecule has 0 saturated carbocycles. The largest absolute Gasteiger partial charge is 0.507 e. The highest BCUT2D eigenvalue weighted by molar-refractivity contribution is 8.00. The zero-order chi connectivity index (χ0) is 14.5. The van der Waals surface area contributed by atoms with E-state index in [1.165, 1.54) is 11.8 Å². The average molecular weight is 328 g/mol. The van der Waals surface area contributed by atoms with Crippen LogP contribution in [0.1, 0.15) is 0 Å². The van der Waals surface area contributed by atoms with E-state index < -0.39 is 0 Å². The summed E-state index contributed by atoms with van der Waals surface area (Å²) in [7, 11) is 0. The molecule has 20 heavy (non-hydrogen) atoms. The number of phenolic OH excluding ortho intramolecular Hbond substituents is 1. The molecule has 0 saturated heterocycles. The minimum Gasteiger partial charge on any atom is -0.507 e. The van der Waals surface area contributed by atoms with Crippen LogP contribution in [-0.2, 0) is 4.79 Å². The van der Waals surface area contributed by atoms with Crippen molar-refractivity contribution in [3.63, 3.8) is 0 Å². The summed E-state index contributed by atoms with van der Waals surface area (Å²) < 4.78 is 0. The van der Waals surface area contributed by atoms with Gasteiger partial charge in [0.05, 0.1) is 21.5 Å². The van der Waals surface area contributed by atoms with Gasteiger partial charge in [0.25, 0.3) is 0 Å². The Kier molecular flexibility index (Phi) is 5.17. The number of carbonyl (C=O) groups is 1. The Hall–Kier alpha value is -1.36. The van der Waals surface area contributed by atoms with Gasteiger partial charge in [0, 0.05) is 4.90 Å². The molecular formula is C14H11Cl2NO2S. The van der Waals surface area contributed by atoms with Crippen molar-refractivity contribution in [3.8, 4) is 5.75 Å². The Morgan fingerprint density at radius 1 is 1.10 bits per heavy atom. The van der Waals surface area contributed by atoms with Gasteiger partial charge >= 0.3 is 0 Å². The number of rotatable bonds is 4. The van der Waals surface area contributed by atoms with Crippen molar-refractivity contribution in [1.29, 1.82) is 0 Å². The molecule has 0 heterocycles. The number of nitrogens with one attached hydrogen (secondary N) is 1. The van der Waals surface area contributed by atoms with E-state index in [0.29, 0.717) is 20.6 Å². The first kappa shape index (κ1) is 15.0. The predicted molar refractivity (Wildman–Crippen MR) is 83.9 cm³/mol. The van der Waals surface area contributed by atoms with Crippen molar-refractivity contribution in [2.45, 2.75) is 4.90 Å². The number of halogens is 2. The molecule has 0 fully saturated rings. The Morgan fingerprint density at radius 3 is 2.40 bits per heavy atom. The summed E-state index contributed by atoms with van der Waals surface area (Å²) >= 11 is 13.2. The molecule has 104 valence electrons. The summed E-state index contributed by atoms with van der Waals surface area (Å²) in [6.45, 7) is 0. The highest BCUT2D eigenvalue weighted by atomic mass is 35.5. The molecule has 2 aromatic carbocycles. The quantitative estimate of drug-likeness (QED) is 0.816. The van der Waals surface area contributed by atoms with Crippen LogP contribution in [0.15, 0.2) is 47.4 Å². The van der Waals surface area contributed by atoms with Crippen LogP contribution >= 0.6 is 35.0 Å². The third-order valence-corrected chi connectivity index (χ3v) is 4.14. The Labute approximate surface area is 130 Å². The van der Waals surface area contributed by atoms with E-state index in [1.54, 1.807) is 42.5 Å². The normalized spacial score (nSPS) is 10.3. The third-order valence-electron chi connectivity index (χ3n) is 2.45. The van der Waals surface area contributed by atoms with E-state index in [9.17, 15) is 9.90 Å². The lowest BCUT2D eigenvalue weighted by Crippen LogP contribution is -2.14. The van der Waals surface area contributed by atoms with Crippen LogP contribution in [0.2, 0.25) is 10.0 Å². The lowest BCUT2D eigenvalue weighted by Gasteiger charge is -2.09. The molecule has 2 aromatic rings. The second kappa shape index (κ2) is 6.88. The third kappa shape index (κ3) is 3.82. The highest BCUT2D eigenvalue weighted by Crippen LogP contribution is 2.31. The lowest BCUT2D eigenvalue weighted by atomic mass is 10.3. The molecule has 0 aliphatic rings. The number of anilines is 1. The summed E-state index contributed by atoms with van der Waals surface area (Å²) in [5.74, 6) is 0.0633. The smallest absolute Gasteiger partial charge is 0.234 e. The number of amides is 1. The van der Waals surface area contributed by atoms with Crippen LogP contribution in [0.3, 0.4) is 0 Å². The molecule has 0 unspecified atom stereocenters. The first-order valence-corrected chi connectivity index (χ1v) is 7.46. The Bertz CT molecular complexity index is 614. The fraction of sp³-hybridized carbons (Fsp3) is 0.0714. The first-order valence-electron chi connectivity index (χ1n) is 5.72. The monoisotopic (exact) mass is 327 g/mol. The molecule has 0 aliphatic carbocycles. The van der Waals surface area contributed by atoms with Crippen molar-refractivity contribution in [3.05, 3.63) is 52.5 Å². The molecule has 2 N–H and O–H groups in total. The molecule has 0 radical (unpaired) electrons. The number of hydrogen-bond donors (Lipinski definition) is 2. The zero-order valence-corrected chi connectivity index (χ0v) is 12.6. The number of thioether (sulfide) groups is 1. The standard InChI is InChI=1S/C14H11Cl2NO2S/c15-9-4-3-5-10(16)14(9)17-13(19)8-20-12-7-2-1-6-11(12)18/h1-7,18H,8H2,(H,17,19). The SMILES string of the molecule is O=C(CSc1ccccc1O)Nc1c(Cl)cccc1Cl. The summed E-state index contributed by atoms with van der Waals surface area (Å²) in [6.07, 6.45) is 0. The van der Waals surface area contributed by atoms with E-state index in [-0.39, 0.29) is 17.4 Å². The van der Waals surface area contributed by atoms with E-state index in [4.69, 9.17) is 23.2 Å². The maximum Gasteiger partial charge on any atom is 0.234 e. The van der Waals surface area contributed by atoms with Gasteiger partial charge in [0.1, 0.15) is 5.75 Å². The number of phenols is 1. The lowest BCUT2D eigenvalue weighted by molar-refractivity contribution is -0.113. The van der Waals surface area contributed by atoms with Crippen LogP contribution in [0, 0.1) is 0 Å². The molecule has 2 rings (SSSR count). The zero-order valence-electron chi connectivity index (χ0n) is 10.3. The van der Waals surface area contributed by atoms with Gasteiger partial charge in [-0.25, -0.2) is 0 Å². The predicted octanol–water partition coefficient (Wildman–Crippen LogP) is 4.43. The Balaban J connectivity index is 1.98. The second-order valence-corrected chi connectivity index (χ2v) is 5.73. The van der Waals surface area contributed by atoms with Crippen LogP contribution in [0.4, 0.5) is 5.69 Å². The van der Waals surface area contributed by atoms with Crippen molar-refractivity contribution in [2.24, 2.45) is 0 Å². The molecule has 3 nitrogen and oxygen atoms in total. The Morgan fingerprint density at radius 2 is 1.75 bits per heavy atom. The van der Waals surface area contributed by atoms with Crippen LogP contribution in [0.5, 0.6) is 5.75 Å². The van der Waals surface area contributed by atoms with E-state index in [2.05, 4.69) is 5.32 Å². The van der Waals surface area contributed by atoms with E-state index in [0.717, 1.165) is 0 Å². The minimum absolute atomic E-state index is 0.152. The molecule has 0 aliphatic heterocycles. The van der Waals surface area contributed by atoms with Gasteiger partial charge in [0.2, 0.25) is 5.91 Å². The van der Waals surface area contributed by atoms with Crippen molar-refractivity contribution in [1.82, 2.24) is 0 Å². The molecule has 1 amide bonds. The van der Waals surface area contributed by atoms with Crippen LogP contribution < -0.4 is 5.32 Å². The van der Waals surface area contributed by atoms with Crippen molar-refractivity contribution < 1.29 is 9.90 Å². The maximum absolute atomic E-state index is 11.9. The summed E-state index contributed by atoms with van der Waals surface area (Å²) in [4.78, 5) is 12.5. The summed E-state index contributed by atoms with van der Waals surface area (Å²) in [5, 5.41) is 13.0. The molecule has 6 heteroatoms.